The average molecular weight is 338 g/mol. The topological polar surface area (TPSA) is 54.9 Å². The van der Waals surface area contributed by atoms with E-state index in [1.807, 2.05) is 55.5 Å². The number of benzene rings is 2. The normalized spacial score (nSPS) is 11.8. The van der Waals surface area contributed by atoms with Gasteiger partial charge in [-0.1, -0.05) is 60.1 Å². The van der Waals surface area contributed by atoms with Crippen LogP contribution in [-0.4, -0.2) is 15.9 Å². The van der Waals surface area contributed by atoms with Crippen molar-refractivity contribution >= 4 is 17.5 Å². The van der Waals surface area contributed by atoms with Crippen LogP contribution >= 0.6 is 11.6 Å². The number of rotatable bonds is 4. The number of nitrogens with one attached hydrogen (secondary N) is 1. The van der Waals surface area contributed by atoms with Crippen LogP contribution in [0.1, 0.15) is 28.9 Å². The van der Waals surface area contributed by atoms with Gasteiger partial charge < -0.3 is 5.32 Å². The minimum Gasteiger partial charge on any atom is -0.345 e. The standard InChI is InChI=1S/C19H16ClN3O/c1-13(16-9-5-6-10-17(16)20)23-19(24)15-11-21-18(22-12-15)14-7-3-2-4-8-14/h2-13H,1H3,(H,23,24). The molecule has 0 aliphatic rings. The molecule has 1 heterocycles. The Morgan fingerprint density at radius 2 is 1.62 bits per heavy atom. The van der Waals surface area contributed by atoms with E-state index in [-0.39, 0.29) is 11.9 Å². The minimum absolute atomic E-state index is 0.208. The number of halogens is 1. The lowest BCUT2D eigenvalue weighted by atomic mass is 10.1. The first kappa shape index (κ1) is 16.1. The van der Waals surface area contributed by atoms with Gasteiger partial charge in [0.05, 0.1) is 11.6 Å². The molecule has 0 aliphatic carbocycles. The van der Waals surface area contributed by atoms with Crippen LogP contribution in [0.4, 0.5) is 0 Å². The first-order valence-electron chi connectivity index (χ1n) is 7.58. The van der Waals surface area contributed by atoms with Gasteiger partial charge in [-0.25, -0.2) is 9.97 Å². The van der Waals surface area contributed by atoms with Crippen LogP contribution < -0.4 is 5.32 Å². The van der Waals surface area contributed by atoms with Crippen LogP contribution in [0.2, 0.25) is 5.02 Å². The predicted octanol–water partition coefficient (Wildman–Crippen LogP) is 4.29. The van der Waals surface area contributed by atoms with E-state index < -0.39 is 0 Å². The lowest BCUT2D eigenvalue weighted by molar-refractivity contribution is 0.0939. The summed E-state index contributed by atoms with van der Waals surface area (Å²) in [5.41, 5.74) is 2.19. The first-order chi connectivity index (χ1) is 11.6. The molecule has 1 atom stereocenters. The third-order valence-electron chi connectivity index (χ3n) is 3.67. The number of hydrogen-bond acceptors (Lipinski definition) is 3. The van der Waals surface area contributed by atoms with Gasteiger partial charge >= 0.3 is 0 Å². The largest absolute Gasteiger partial charge is 0.345 e. The van der Waals surface area contributed by atoms with E-state index in [4.69, 9.17) is 11.6 Å². The number of carbonyl (C=O) groups is 1. The van der Waals surface area contributed by atoms with Gasteiger partial charge in [-0.2, -0.15) is 0 Å². The number of aromatic nitrogens is 2. The maximum absolute atomic E-state index is 12.4. The van der Waals surface area contributed by atoms with E-state index in [0.717, 1.165) is 11.1 Å². The molecule has 5 heteroatoms. The van der Waals surface area contributed by atoms with Gasteiger partial charge in [-0.05, 0) is 18.6 Å². The van der Waals surface area contributed by atoms with Crippen molar-refractivity contribution in [3.05, 3.63) is 83.1 Å². The zero-order chi connectivity index (χ0) is 16.9. The third kappa shape index (κ3) is 3.60. The summed E-state index contributed by atoms with van der Waals surface area (Å²) in [5, 5.41) is 3.54. The van der Waals surface area contributed by atoms with Gasteiger partial charge in [0.15, 0.2) is 5.82 Å². The lowest BCUT2D eigenvalue weighted by Gasteiger charge is -2.15. The molecular weight excluding hydrogens is 322 g/mol. The summed E-state index contributed by atoms with van der Waals surface area (Å²) in [5.74, 6) is 0.355. The summed E-state index contributed by atoms with van der Waals surface area (Å²) in [6, 6.07) is 16.9. The fourth-order valence-electron chi connectivity index (χ4n) is 2.37. The SMILES string of the molecule is CC(NC(=O)c1cnc(-c2ccccc2)nc1)c1ccccc1Cl. The maximum Gasteiger partial charge on any atom is 0.254 e. The Labute approximate surface area is 145 Å². The van der Waals surface area contributed by atoms with Crippen molar-refractivity contribution in [3.63, 3.8) is 0 Å². The predicted molar refractivity (Wildman–Crippen MR) is 94.8 cm³/mol. The molecule has 0 bridgehead atoms. The Balaban J connectivity index is 1.73. The van der Waals surface area contributed by atoms with Crippen molar-refractivity contribution in [2.75, 3.05) is 0 Å². The van der Waals surface area contributed by atoms with E-state index in [2.05, 4.69) is 15.3 Å². The second kappa shape index (κ2) is 7.23. The number of amides is 1. The molecule has 1 amide bonds. The molecule has 4 nitrogen and oxygen atoms in total. The van der Waals surface area contributed by atoms with Gasteiger partial charge in [0.25, 0.3) is 5.91 Å². The Morgan fingerprint density at radius 3 is 2.29 bits per heavy atom. The molecule has 1 N–H and O–H groups in total. The third-order valence-corrected chi connectivity index (χ3v) is 4.01. The second-order valence-corrected chi connectivity index (χ2v) is 5.79. The van der Waals surface area contributed by atoms with E-state index in [9.17, 15) is 4.79 Å². The summed E-state index contributed by atoms with van der Waals surface area (Å²) in [6.45, 7) is 1.89. The van der Waals surface area contributed by atoms with Gasteiger partial charge in [-0.15, -0.1) is 0 Å². The monoisotopic (exact) mass is 337 g/mol. The molecule has 0 saturated carbocycles. The lowest BCUT2D eigenvalue weighted by Crippen LogP contribution is -2.27. The fraction of sp³-hybridized carbons (Fsp3) is 0.105. The molecule has 3 rings (SSSR count). The molecule has 3 aromatic rings. The van der Waals surface area contributed by atoms with Crippen molar-refractivity contribution in [2.45, 2.75) is 13.0 Å². The van der Waals surface area contributed by atoms with Gasteiger partial charge in [0, 0.05) is 23.0 Å². The summed E-state index contributed by atoms with van der Waals surface area (Å²) >= 11 is 6.16. The van der Waals surface area contributed by atoms with Crippen LogP contribution in [-0.2, 0) is 0 Å². The van der Waals surface area contributed by atoms with Crippen molar-refractivity contribution in [1.82, 2.24) is 15.3 Å². The summed E-state index contributed by atoms with van der Waals surface area (Å²) in [6.07, 6.45) is 3.06. The quantitative estimate of drug-likeness (QED) is 0.772. The van der Waals surface area contributed by atoms with Crippen LogP contribution in [0.5, 0.6) is 0 Å². The molecule has 1 unspecified atom stereocenters. The summed E-state index contributed by atoms with van der Waals surface area (Å²) < 4.78 is 0. The van der Waals surface area contributed by atoms with Gasteiger partial charge in [0.2, 0.25) is 0 Å². The molecule has 0 fully saturated rings. The van der Waals surface area contributed by atoms with Crippen LogP contribution in [0.3, 0.4) is 0 Å². The summed E-state index contributed by atoms with van der Waals surface area (Å²) in [7, 11) is 0. The van der Waals surface area contributed by atoms with Gasteiger partial charge in [0.1, 0.15) is 0 Å². The second-order valence-electron chi connectivity index (χ2n) is 5.38. The Morgan fingerprint density at radius 1 is 1.00 bits per heavy atom. The van der Waals surface area contributed by atoms with Crippen molar-refractivity contribution in [3.8, 4) is 11.4 Å². The number of carbonyl (C=O) groups excluding carboxylic acids is 1. The highest BCUT2D eigenvalue weighted by Gasteiger charge is 2.14. The van der Waals surface area contributed by atoms with E-state index in [0.29, 0.717) is 16.4 Å². The average Bonchev–Trinajstić information content (AvgIpc) is 2.63. The van der Waals surface area contributed by atoms with Gasteiger partial charge in [-0.3, -0.25) is 4.79 Å². The zero-order valence-corrected chi connectivity index (χ0v) is 13.9. The Kier molecular flexibility index (Phi) is 4.87. The van der Waals surface area contributed by atoms with E-state index in [1.165, 1.54) is 12.4 Å². The van der Waals surface area contributed by atoms with E-state index >= 15 is 0 Å². The number of hydrogen-bond donors (Lipinski definition) is 1. The highest BCUT2D eigenvalue weighted by Crippen LogP contribution is 2.22. The molecule has 2 aromatic carbocycles. The highest BCUT2D eigenvalue weighted by molar-refractivity contribution is 6.31. The molecule has 24 heavy (non-hydrogen) atoms. The maximum atomic E-state index is 12.4. The Bertz CT molecular complexity index is 835. The zero-order valence-electron chi connectivity index (χ0n) is 13.1. The van der Waals surface area contributed by atoms with Crippen molar-refractivity contribution in [1.29, 1.82) is 0 Å². The molecule has 1 aromatic heterocycles. The fourth-order valence-corrected chi connectivity index (χ4v) is 2.66. The highest BCUT2D eigenvalue weighted by atomic mass is 35.5. The molecule has 0 radical (unpaired) electrons. The molecule has 0 spiro atoms. The Hall–Kier alpha value is -2.72. The molecular formula is C19H16ClN3O. The smallest absolute Gasteiger partial charge is 0.254 e. The van der Waals surface area contributed by atoms with Crippen LogP contribution in [0.15, 0.2) is 67.0 Å². The molecule has 0 saturated heterocycles. The van der Waals surface area contributed by atoms with Crippen LogP contribution in [0, 0.1) is 0 Å². The minimum atomic E-state index is -0.234. The molecule has 0 aliphatic heterocycles. The first-order valence-corrected chi connectivity index (χ1v) is 7.95. The summed E-state index contributed by atoms with van der Waals surface area (Å²) in [4.78, 5) is 20.9. The van der Waals surface area contributed by atoms with Crippen molar-refractivity contribution in [2.24, 2.45) is 0 Å². The molecule has 120 valence electrons. The number of nitrogens with zero attached hydrogens (tertiary/aromatic N) is 2. The van der Waals surface area contributed by atoms with E-state index in [1.54, 1.807) is 6.07 Å². The van der Waals surface area contributed by atoms with Crippen molar-refractivity contribution < 1.29 is 4.79 Å². The van der Waals surface area contributed by atoms with Crippen LogP contribution in [0.25, 0.3) is 11.4 Å².